The molecule has 0 fully saturated rings. The summed E-state index contributed by atoms with van der Waals surface area (Å²) >= 11 is 16.5. The Balaban J connectivity index is 3.53. The highest BCUT2D eigenvalue weighted by Crippen LogP contribution is 2.38. The fraction of sp³-hybridized carbons (Fsp3) is 0. The van der Waals surface area contributed by atoms with E-state index < -0.39 is 11.7 Å². The van der Waals surface area contributed by atoms with Crippen molar-refractivity contribution in [3.8, 4) is 5.75 Å². The van der Waals surface area contributed by atoms with Crippen LogP contribution in [0.5, 0.6) is 5.75 Å². The third kappa shape index (κ3) is 1.82. The molecule has 13 heavy (non-hydrogen) atoms. The molecule has 0 saturated heterocycles. The van der Waals surface area contributed by atoms with Gasteiger partial charge in [-0.25, -0.2) is 4.79 Å². The maximum Gasteiger partial charge on any atom is 0.338 e. The molecule has 1 aromatic rings. The minimum atomic E-state index is -1.32. The van der Waals surface area contributed by atoms with Gasteiger partial charge in [0.1, 0.15) is 5.56 Å². The average molecular weight is 241 g/mol. The quantitative estimate of drug-likeness (QED) is 0.794. The second kappa shape index (κ2) is 3.62. The molecular formula is C7H3Cl3O3. The van der Waals surface area contributed by atoms with Crippen molar-refractivity contribution in [3.63, 3.8) is 0 Å². The van der Waals surface area contributed by atoms with Gasteiger partial charge in [0.15, 0.2) is 5.75 Å². The summed E-state index contributed by atoms with van der Waals surface area (Å²) in [5.41, 5.74) is -0.356. The van der Waals surface area contributed by atoms with Gasteiger partial charge in [-0.2, -0.15) is 0 Å². The molecular weight excluding hydrogens is 238 g/mol. The normalized spacial score (nSPS) is 10.1. The minimum Gasteiger partial charge on any atom is -0.505 e. The smallest absolute Gasteiger partial charge is 0.338 e. The Hall–Kier alpha value is -0.640. The number of carboxylic acids is 1. The predicted molar refractivity (Wildman–Crippen MR) is 50.1 cm³/mol. The lowest BCUT2D eigenvalue weighted by Crippen LogP contribution is -1.98. The highest BCUT2D eigenvalue weighted by atomic mass is 35.5. The van der Waals surface area contributed by atoms with Crippen LogP contribution in [-0.2, 0) is 0 Å². The molecule has 1 rings (SSSR count). The van der Waals surface area contributed by atoms with E-state index in [0.29, 0.717) is 0 Å². The Kier molecular flexibility index (Phi) is 2.91. The first kappa shape index (κ1) is 10.4. The molecule has 70 valence electrons. The van der Waals surface area contributed by atoms with Crippen LogP contribution in [-0.4, -0.2) is 16.2 Å². The Morgan fingerprint density at radius 1 is 1.23 bits per heavy atom. The summed E-state index contributed by atoms with van der Waals surface area (Å²) in [7, 11) is 0. The number of aromatic carboxylic acids is 1. The molecule has 0 bridgehead atoms. The number of benzene rings is 1. The van der Waals surface area contributed by atoms with Crippen molar-refractivity contribution in [3.05, 3.63) is 26.7 Å². The van der Waals surface area contributed by atoms with E-state index in [1.54, 1.807) is 0 Å². The van der Waals surface area contributed by atoms with Gasteiger partial charge in [-0.15, -0.1) is 0 Å². The Bertz CT molecular complexity index is 376. The molecule has 3 nitrogen and oxygen atoms in total. The van der Waals surface area contributed by atoms with E-state index in [4.69, 9.17) is 39.9 Å². The zero-order valence-electron chi connectivity index (χ0n) is 6.01. The summed E-state index contributed by atoms with van der Waals surface area (Å²) in [6.07, 6.45) is 0. The largest absolute Gasteiger partial charge is 0.505 e. The van der Waals surface area contributed by atoms with E-state index in [-0.39, 0.29) is 20.6 Å². The van der Waals surface area contributed by atoms with Gasteiger partial charge in [0.2, 0.25) is 0 Å². The van der Waals surface area contributed by atoms with Crippen LogP contribution in [0.4, 0.5) is 0 Å². The molecule has 1 aromatic carbocycles. The number of aromatic hydroxyl groups is 1. The van der Waals surface area contributed by atoms with E-state index in [9.17, 15) is 9.90 Å². The number of carbonyl (C=O) groups is 1. The summed E-state index contributed by atoms with van der Waals surface area (Å²) in [6.45, 7) is 0. The van der Waals surface area contributed by atoms with Crippen molar-refractivity contribution < 1.29 is 15.0 Å². The Labute approximate surface area is 88.5 Å². The zero-order chi connectivity index (χ0) is 10.2. The summed E-state index contributed by atoms with van der Waals surface area (Å²) in [5.74, 6) is -1.80. The van der Waals surface area contributed by atoms with Crippen LogP contribution in [0.25, 0.3) is 0 Å². The van der Waals surface area contributed by atoms with E-state index >= 15 is 0 Å². The van der Waals surface area contributed by atoms with E-state index in [2.05, 4.69) is 0 Å². The van der Waals surface area contributed by atoms with Gasteiger partial charge in [0.25, 0.3) is 0 Å². The SMILES string of the molecule is O=C(O)c1c(Cl)cc(Cl)c(O)c1Cl. The molecule has 0 aliphatic heterocycles. The molecule has 0 saturated carbocycles. The first-order valence-electron chi connectivity index (χ1n) is 3.05. The number of halogens is 3. The lowest BCUT2D eigenvalue weighted by Gasteiger charge is -2.05. The molecule has 2 N–H and O–H groups in total. The van der Waals surface area contributed by atoms with Crippen LogP contribution in [0.15, 0.2) is 6.07 Å². The number of phenols is 1. The van der Waals surface area contributed by atoms with Crippen molar-refractivity contribution in [2.75, 3.05) is 0 Å². The van der Waals surface area contributed by atoms with Crippen LogP contribution in [0.3, 0.4) is 0 Å². The van der Waals surface area contributed by atoms with E-state index in [0.717, 1.165) is 6.07 Å². The molecule has 0 unspecified atom stereocenters. The number of hydrogen-bond donors (Lipinski definition) is 2. The van der Waals surface area contributed by atoms with E-state index in [1.807, 2.05) is 0 Å². The average Bonchev–Trinajstić information content (AvgIpc) is 1.99. The van der Waals surface area contributed by atoms with Crippen LogP contribution >= 0.6 is 34.8 Å². The number of hydrogen-bond acceptors (Lipinski definition) is 2. The van der Waals surface area contributed by atoms with Gasteiger partial charge in [0.05, 0.1) is 15.1 Å². The minimum absolute atomic E-state index is 0.0833. The molecule has 0 amide bonds. The van der Waals surface area contributed by atoms with Gasteiger partial charge in [-0.1, -0.05) is 34.8 Å². The van der Waals surface area contributed by atoms with Crippen LogP contribution in [0.2, 0.25) is 15.1 Å². The van der Waals surface area contributed by atoms with Crippen LogP contribution < -0.4 is 0 Å². The number of carboxylic acid groups (broad SMARTS) is 1. The molecule has 0 heterocycles. The molecule has 0 spiro atoms. The summed E-state index contributed by atoms with van der Waals surface area (Å²) in [5, 5.41) is 17.3. The van der Waals surface area contributed by atoms with Gasteiger partial charge >= 0.3 is 5.97 Å². The zero-order valence-corrected chi connectivity index (χ0v) is 8.28. The second-order valence-corrected chi connectivity index (χ2v) is 3.38. The summed E-state index contributed by atoms with van der Waals surface area (Å²) < 4.78 is 0. The highest BCUT2D eigenvalue weighted by Gasteiger charge is 2.19. The first-order chi connectivity index (χ1) is 5.95. The fourth-order valence-electron chi connectivity index (χ4n) is 0.776. The summed E-state index contributed by atoms with van der Waals surface area (Å²) in [4.78, 5) is 10.6. The van der Waals surface area contributed by atoms with Crippen molar-refractivity contribution >= 4 is 40.8 Å². The van der Waals surface area contributed by atoms with Crippen molar-refractivity contribution in [1.82, 2.24) is 0 Å². The highest BCUT2D eigenvalue weighted by molar-refractivity contribution is 6.43. The Morgan fingerprint density at radius 2 is 1.77 bits per heavy atom. The maximum absolute atomic E-state index is 10.6. The molecule has 0 aliphatic rings. The third-order valence-corrected chi connectivity index (χ3v) is 2.31. The standard InChI is InChI=1S/C7H3Cl3O3/c8-2-1-3(9)6(11)5(10)4(2)7(12)13/h1,11H,(H,12,13). The van der Waals surface area contributed by atoms with Crippen LogP contribution in [0.1, 0.15) is 10.4 Å². The Morgan fingerprint density at radius 3 is 2.23 bits per heavy atom. The molecule has 0 radical (unpaired) electrons. The van der Waals surface area contributed by atoms with Gasteiger partial charge in [0, 0.05) is 0 Å². The van der Waals surface area contributed by atoms with Crippen LogP contribution in [0, 0.1) is 0 Å². The van der Waals surface area contributed by atoms with Gasteiger partial charge < -0.3 is 10.2 Å². The predicted octanol–water partition coefficient (Wildman–Crippen LogP) is 3.05. The molecule has 0 aliphatic carbocycles. The van der Waals surface area contributed by atoms with Crippen molar-refractivity contribution in [2.24, 2.45) is 0 Å². The van der Waals surface area contributed by atoms with Gasteiger partial charge in [-0.3, -0.25) is 0 Å². The van der Waals surface area contributed by atoms with Crippen molar-refractivity contribution in [2.45, 2.75) is 0 Å². The monoisotopic (exact) mass is 240 g/mol. The first-order valence-corrected chi connectivity index (χ1v) is 4.18. The molecule has 6 heteroatoms. The fourth-order valence-corrected chi connectivity index (χ4v) is 1.70. The lowest BCUT2D eigenvalue weighted by molar-refractivity contribution is 0.0697. The molecule has 0 atom stereocenters. The topological polar surface area (TPSA) is 57.5 Å². The third-order valence-electron chi connectivity index (χ3n) is 1.36. The van der Waals surface area contributed by atoms with Crippen molar-refractivity contribution in [1.29, 1.82) is 0 Å². The van der Waals surface area contributed by atoms with E-state index in [1.165, 1.54) is 0 Å². The lowest BCUT2D eigenvalue weighted by atomic mass is 10.2. The molecule has 0 aromatic heterocycles. The number of rotatable bonds is 1. The number of phenolic OH excluding ortho intramolecular Hbond substituents is 1. The second-order valence-electron chi connectivity index (χ2n) is 2.18. The maximum atomic E-state index is 10.6. The van der Waals surface area contributed by atoms with Gasteiger partial charge in [-0.05, 0) is 6.07 Å². The summed E-state index contributed by atoms with van der Waals surface area (Å²) in [6, 6.07) is 1.12.